The van der Waals surface area contributed by atoms with E-state index in [0.717, 1.165) is 11.8 Å². The predicted octanol–water partition coefficient (Wildman–Crippen LogP) is 1.54. The number of halogens is 1. The summed E-state index contributed by atoms with van der Waals surface area (Å²) in [4.78, 5) is 22.1. The van der Waals surface area contributed by atoms with Gasteiger partial charge in [0, 0.05) is 12.7 Å². The second kappa shape index (κ2) is 6.67. The topological polar surface area (TPSA) is 107 Å². The number of phenolic OH excluding ortho intramolecular Hbond substituents is 2. The van der Waals surface area contributed by atoms with E-state index in [2.05, 4.69) is 21.2 Å². The Bertz CT molecular complexity index is 508. The highest BCUT2D eigenvalue weighted by Crippen LogP contribution is 2.37. The molecule has 1 aromatic carbocycles. The van der Waals surface area contributed by atoms with Gasteiger partial charge in [0.05, 0.1) is 9.37 Å². The molecule has 6 nitrogen and oxygen atoms in total. The fourth-order valence-corrected chi connectivity index (χ4v) is 2.55. The molecule has 0 saturated heterocycles. The summed E-state index contributed by atoms with van der Waals surface area (Å²) < 4.78 is 0.339. The molecule has 0 unspecified atom stereocenters. The molecule has 0 saturated carbocycles. The molecule has 104 valence electrons. The molecule has 0 spiro atoms. The first-order valence-corrected chi connectivity index (χ1v) is 6.93. The van der Waals surface area contributed by atoms with Crippen LogP contribution in [0.2, 0.25) is 0 Å². The number of aromatic hydroxyl groups is 2. The molecule has 0 aliphatic carbocycles. The molecule has 0 fully saturated rings. The third kappa shape index (κ3) is 4.64. The van der Waals surface area contributed by atoms with E-state index in [1.165, 1.54) is 19.1 Å². The predicted molar refractivity (Wildman–Crippen MR) is 73.4 cm³/mol. The number of benzene rings is 1. The van der Waals surface area contributed by atoms with Crippen molar-refractivity contribution in [3.8, 4) is 11.5 Å². The largest absolute Gasteiger partial charge is 0.507 e. The summed E-state index contributed by atoms with van der Waals surface area (Å²) in [5.41, 5.74) is 0. The van der Waals surface area contributed by atoms with Gasteiger partial charge in [-0.1, -0.05) is 0 Å². The monoisotopic (exact) mass is 349 g/mol. The van der Waals surface area contributed by atoms with Crippen molar-refractivity contribution >= 4 is 39.6 Å². The lowest BCUT2D eigenvalue weighted by Gasteiger charge is -2.13. The molecule has 1 atom stereocenters. The average Bonchev–Trinajstić information content (AvgIpc) is 2.29. The zero-order valence-corrected chi connectivity index (χ0v) is 12.3. The number of carboxylic acid groups (broad SMARTS) is 1. The Hall–Kier alpha value is -1.41. The maximum atomic E-state index is 10.9. The van der Waals surface area contributed by atoms with Crippen LogP contribution in [0.4, 0.5) is 0 Å². The minimum Gasteiger partial charge on any atom is -0.507 e. The first kappa shape index (κ1) is 15.6. The third-order valence-corrected chi connectivity index (χ3v) is 3.88. The summed E-state index contributed by atoms with van der Waals surface area (Å²) in [6, 6.07) is 1.57. The SMILES string of the molecule is CC(=O)N[C@@H](CSc1cc(O)c(Br)cc1O)C(=O)O. The Balaban J connectivity index is 2.77. The van der Waals surface area contributed by atoms with E-state index in [1.807, 2.05) is 0 Å². The van der Waals surface area contributed by atoms with E-state index >= 15 is 0 Å². The van der Waals surface area contributed by atoms with E-state index in [-0.39, 0.29) is 17.3 Å². The van der Waals surface area contributed by atoms with Gasteiger partial charge in [0.25, 0.3) is 0 Å². The van der Waals surface area contributed by atoms with Gasteiger partial charge in [-0.3, -0.25) is 4.79 Å². The van der Waals surface area contributed by atoms with Crippen LogP contribution in [-0.2, 0) is 9.59 Å². The molecule has 0 radical (unpaired) electrons. The van der Waals surface area contributed by atoms with E-state index < -0.39 is 17.9 Å². The van der Waals surface area contributed by atoms with Crippen LogP contribution in [0.1, 0.15) is 6.92 Å². The lowest BCUT2D eigenvalue weighted by molar-refractivity contribution is -0.140. The van der Waals surface area contributed by atoms with Crippen LogP contribution in [-0.4, -0.2) is 39.0 Å². The van der Waals surface area contributed by atoms with Gasteiger partial charge in [-0.05, 0) is 28.1 Å². The second-order valence-corrected chi connectivity index (χ2v) is 5.59. The number of carboxylic acids is 1. The van der Waals surface area contributed by atoms with Crippen molar-refractivity contribution in [3.63, 3.8) is 0 Å². The fourth-order valence-electron chi connectivity index (χ4n) is 1.24. The molecule has 0 aliphatic heterocycles. The zero-order chi connectivity index (χ0) is 14.6. The molecule has 0 heterocycles. The van der Waals surface area contributed by atoms with Gasteiger partial charge in [-0.15, -0.1) is 11.8 Å². The maximum Gasteiger partial charge on any atom is 0.327 e. The van der Waals surface area contributed by atoms with Crippen LogP contribution < -0.4 is 5.32 Å². The molecule has 4 N–H and O–H groups in total. The van der Waals surface area contributed by atoms with Crippen LogP contribution >= 0.6 is 27.7 Å². The van der Waals surface area contributed by atoms with E-state index in [4.69, 9.17) is 5.11 Å². The van der Waals surface area contributed by atoms with Gasteiger partial charge in [0.2, 0.25) is 5.91 Å². The molecular weight excluding hydrogens is 338 g/mol. The minimum atomic E-state index is -1.16. The van der Waals surface area contributed by atoms with Crippen molar-refractivity contribution in [1.29, 1.82) is 0 Å². The highest BCUT2D eigenvalue weighted by molar-refractivity contribution is 9.10. The Morgan fingerprint density at radius 1 is 1.37 bits per heavy atom. The normalized spacial score (nSPS) is 11.9. The zero-order valence-electron chi connectivity index (χ0n) is 9.88. The summed E-state index contributed by atoms with van der Waals surface area (Å²) in [6.45, 7) is 1.23. The number of phenols is 2. The van der Waals surface area contributed by atoms with E-state index in [9.17, 15) is 19.8 Å². The Morgan fingerprint density at radius 3 is 2.53 bits per heavy atom. The average molecular weight is 350 g/mol. The standard InChI is InChI=1S/C11H12BrNO5S/c1-5(14)13-7(11(17)18)4-19-10-3-8(15)6(12)2-9(10)16/h2-3,7,15-16H,4H2,1H3,(H,13,14)(H,17,18)/t7-/m0/s1. The van der Waals surface area contributed by atoms with Crippen molar-refractivity contribution in [3.05, 3.63) is 16.6 Å². The minimum absolute atomic E-state index is 0.0313. The quantitative estimate of drug-likeness (QED) is 0.474. The molecule has 1 aromatic rings. The Morgan fingerprint density at radius 2 is 2.00 bits per heavy atom. The van der Waals surface area contributed by atoms with Gasteiger partial charge < -0.3 is 20.6 Å². The molecule has 0 aliphatic rings. The van der Waals surface area contributed by atoms with E-state index in [0.29, 0.717) is 9.37 Å². The highest BCUT2D eigenvalue weighted by Gasteiger charge is 2.19. The molecule has 1 amide bonds. The summed E-state index contributed by atoms with van der Waals surface area (Å²) in [5, 5.41) is 30.3. The number of amides is 1. The maximum absolute atomic E-state index is 10.9. The van der Waals surface area contributed by atoms with Crippen molar-refractivity contribution < 1.29 is 24.9 Å². The van der Waals surface area contributed by atoms with Gasteiger partial charge >= 0.3 is 5.97 Å². The van der Waals surface area contributed by atoms with Gasteiger partial charge in [-0.25, -0.2) is 4.79 Å². The van der Waals surface area contributed by atoms with Gasteiger partial charge in [0.15, 0.2) is 0 Å². The Labute approximate surface area is 122 Å². The molecule has 0 bridgehead atoms. The number of nitrogens with one attached hydrogen (secondary N) is 1. The van der Waals surface area contributed by atoms with Crippen molar-refractivity contribution in [2.45, 2.75) is 17.9 Å². The van der Waals surface area contributed by atoms with Crippen LogP contribution in [0.5, 0.6) is 11.5 Å². The fraction of sp³-hybridized carbons (Fsp3) is 0.273. The summed E-state index contributed by atoms with van der Waals surface area (Å²) >= 11 is 4.07. The summed E-state index contributed by atoms with van der Waals surface area (Å²) in [7, 11) is 0. The van der Waals surface area contributed by atoms with Crippen LogP contribution in [0.25, 0.3) is 0 Å². The van der Waals surface area contributed by atoms with Crippen LogP contribution in [0.15, 0.2) is 21.5 Å². The van der Waals surface area contributed by atoms with Gasteiger partial charge in [0.1, 0.15) is 17.5 Å². The van der Waals surface area contributed by atoms with Gasteiger partial charge in [-0.2, -0.15) is 0 Å². The van der Waals surface area contributed by atoms with Crippen LogP contribution in [0, 0.1) is 0 Å². The molecule has 0 aromatic heterocycles. The highest BCUT2D eigenvalue weighted by atomic mass is 79.9. The number of carbonyl (C=O) groups excluding carboxylic acids is 1. The van der Waals surface area contributed by atoms with E-state index in [1.54, 1.807) is 0 Å². The van der Waals surface area contributed by atoms with Crippen molar-refractivity contribution in [2.75, 3.05) is 5.75 Å². The lowest BCUT2D eigenvalue weighted by atomic mass is 10.3. The number of aliphatic carboxylic acids is 1. The molecular formula is C11H12BrNO5S. The second-order valence-electron chi connectivity index (χ2n) is 3.67. The lowest BCUT2D eigenvalue weighted by Crippen LogP contribution is -2.41. The first-order chi connectivity index (χ1) is 8.81. The van der Waals surface area contributed by atoms with Crippen LogP contribution in [0.3, 0.4) is 0 Å². The Kier molecular flexibility index (Phi) is 5.49. The number of hydrogen-bond donors (Lipinski definition) is 4. The van der Waals surface area contributed by atoms with Crippen molar-refractivity contribution in [2.24, 2.45) is 0 Å². The summed E-state index contributed by atoms with van der Waals surface area (Å²) in [6.07, 6.45) is 0. The first-order valence-electron chi connectivity index (χ1n) is 5.15. The summed E-state index contributed by atoms with van der Waals surface area (Å²) in [5.74, 6) is -1.73. The number of rotatable bonds is 5. The number of carbonyl (C=O) groups is 2. The molecule has 1 rings (SSSR count). The third-order valence-electron chi connectivity index (χ3n) is 2.11. The molecule has 19 heavy (non-hydrogen) atoms. The smallest absolute Gasteiger partial charge is 0.327 e. The number of hydrogen-bond acceptors (Lipinski definition) is 5. The van der Waals surface area contributed by atoms with Crippen molar-refractivity contribution in [1.82, 2.24) is 5.32 Å². The molecule has 8 heteroatoms. The number of thioether (sulfide) groups is 1.